The van der Waals surface area contributed by atoms with Gasteiger partial charge in [0.25, 0.3) is 11.8 Å². The lowest BCUT2D eigenvalue weighted by atomic mass is 10.3. The molecular weight excluding hydrogens is 182 g/mol. The number of carbonyl (C=O) groups excluding carboxylic acids is 2. The van der Waals surface area contributed by atoms with E-state index in [1.807, 2.05) is 0 Å². The van der Waals surface area contributed by atoms with Crippen molar-refractivity contribution >= 4 is 17.5 Å². The molecule has 0 N–H and O–H groups in total. The summed E-state index contributed by atoms with van der Waals surface area (Å²) in [6.07, 6.45) is 4.44. The molecule has 5 nitrogen and oxygen atoms in total. The van der Waals surface area contributed by atoms with Crippen molar-refractivity contribution in [1.29, 1.82) is 0 Å². The molecule has 0 bridgehead atoms. The lowest BCUT2D eigenvalue weighted by Gasteiger charge is -2.10. The van der Waals surface area contributed by atoms with E-state index in [1.165, 1.54) is 12.3 Å². The van der Waals surface area contributed by atoms with Gasteiger partial charge in [0, 0.05) is 24.9 Å². The standard InChI is InChI=1S/C9H9N3O2/c1-6-3-8(13)12(9(6)14)7-4-10-11(2)5-7/h3-5H,1-2H3. The molecular formula is C9H9N3O2. The van der Waals surface area contributed by atoms with Crippen LogP contribution in [0.15, 0.2) is 24.0 Å². The van der Waals surface area contributed by atoms with E-state index in [0.717, 1.165) is 4.90 Å². The third kappa shape index (κ3) is 1.14. The fourth-order valence-electron chi connectivity index (χ4n) is 1.36. The molecule has 0 aromatic carbocycles. The van der Waals surface area contributed by atoms with Gasteiger partial charge in [0.05, 0.1) is 11.9 Å². The third-order valence-corrected chi connectivity index (χ3v) is 2.05. The molecule has 0 saturated heterocycles. The van der Waals surface area contributed by atoms with E-state index in [-0.39, 0.29) is 11.8 Å². The summed E-state index contributed by atoms with van der Waals surface area (Å²) in [6, 6.07) is 0. The van der Waals surface area contributed by atoms with Gasteiger partial charge in [-0.2, -0.15) is 5.10 Å². The van der Waals surface area contributed by atoms with E-state index in [4.69, 9.17) is 0 Å². The van der Waals surface area contributed by atoms with Crippen molar-refractivity contribution in [1.82, 2.24) is 9.78 Å². The summed E-state index contributed by atoms with van der Waals surface area (Å²) in [4.78, 5) is 24.0. The SMILES string of the molecule is CC1=CC(=O)N(c2cnn(C)c2)C1=O. The van der Waals surface area contributed by atoms with Crippen LogP contribution < -0.4 is 4.90 Å². The summed E-state index contributed by atoms with van der Waals surface area (Å²) < 4.78 is 1.55. The smallest absolute Gasteiger partial charge is 0.261 e. The molecule has 2 heterocycles. The molecule has 0 saturated carbocycles. The van der Waals surface area contributed by atoms with Gasteiger partial charge in [-0.25, -0.2) is 4.90 Å². The summed E-state index contributed by atoms with van der Waals surface area (Å²) >= 11 is 0. The quantitative estimate of drug-likeness (QED) is 0.597. The van der Waals surface area contributed by atoms with E-state index in [9.17, 15) is 9.59 Å². The highest BCUT2D eigenvalue weighted by Crippen LogP contribution is 2.20. The Morgan fingerprint density at radius 2 is 2.07 bits per heavy atom. The van der Waals surface area contributed by atoms with Crippen LogP contribution >= 0.6 is 0 Å². The maximum absolute atomic E-state index is 11.5. The van der Waals surface area contributed by atoms with Crippen LogP contribution in [0.25, 0.3) is 0 Å². The fourth-order valence-corrected chi connectivity index (χ4v) is 1.36. The van der Waals surface area contributed by atoms with Gasteiger partial charge < -0.3 is 0 Å². The number of rotatable bonds is 1. The predicted octanol–water partition coefficient (Wildman–Crippen LogP) is 0.240. The van der Waals surface area contributed by atoms with Crippen LogP contribution in [0.3, 0.4) is 0 Å². The van der Waals surface area contributed by atoms with Crippen LogP contribution in [0.2, 0.25) is 0 Å². The fraction of sp³-hybridized carbons (Fsp3) is 0.222. The molecule has 0 atom stereocenters. The number of nitrogens with zero attached hydrogens (tertiary/aromatic N) is 3. The first-order valence-electron chi connectivity index (χ1n) is 4.15. The van der Waals surface area contributed by atoms with Crippen LogP contribution in [0.4, 0.5) is 5.69 Å². The van der Waals surface area contributed by atoms with Gasteiger partial charge in [0.15, 0.2) is 0 Å². The Kier molecular flexibility index (Phi) is 1.73. The number of anilines is 1. The van der Waals surface area contributed by atoms with Crippen LogP contribution in [0, 0.1) is 0 Å². The first kappa shape index (κ1) is 8.68. The second-order valence-electron chi connectivity index (χ2n) is 3.18. The van der Waals surface area contributed by atoms with Crippen LogP contribution in [-0.4, -0.2) is 21.6 Å². The Morgan fingerprint density at radius 1 is 1.36 bits per heavy atom. The van der Waals surface area contributed by atoms with Crippen LogP contribution in [0.5, 0.6) is 0 Å². The highest BCUT2D eigenvalue weighted by molar-refractivity contribution is 6.30. The minimum atomic E-state index is -0.305. The Hall–Kier alpha value is -1.91. The molecule has 0 fully saturated rings. The Labute approximate surface area is 80.6 Å². The van der Waals surface area contributed by atoms with E-state index < -0.39 is 0 Å². The van der Waals surface area contributed by atoms with Gasteiger partial charge >= 0.3 is 0 Å². The average Bonchev–Trinajstić information content (AvgIpc) is 2.60. The van der Waals surface area contributed by atoms with Crippen molar-refractivity contribution in [2.75, 3.05) is 4.90 Å². The summed E-state index contributed by atoms with van der Waals surface area (Å²) in [5, 5.41) is 3.90. The highest BCUT2D eigenvalue weighted by atomic mass is 16.2. The molecule has 1 aromatic heterocycles. The zero-order chi connectivity index (χ0) is 10.3. The molecule has 14 heavy (non-hydrogen) atoms. The number of aryl methyl sites for hydroxylation is 1. The average molecular weight is 191 g/mol. The topological polar surface area (TPSA) is 55.2 Å². The zero-order valence-electron chi connectivity index (χ0n) is 7.89. The maximum Gasteiger partial charge on any atom is 0.261 e. The largest absolute Gasteiger partial charge is 0.274 e. The molecule has 0 aliphatic carbocycles. The number of amides is 2. The van der Waals surface area contributed by atoms with Gasteiger partial charge in [0.1, 0.15) is 0 Å². The van der Waals surface area contributed by atoms with Crippen molar-refractivity contribution < 1.29 is 9.59 Å². The lowest BCUT2D eigenvalue weighted by Crippen LogP contribution is -2.30. The number of imide groups is 1. The van der Waals surface area contributed by atoms with Crippen molar-refractivity contribution in [3.05, 3.63) is 24.0 Å². The molecule has 1 aromatic rings. The molecule has 0 spiro atoms. The van der Waals surface area contributed by atoms with Gasteiger partial charge in [-0.15, -0.1) is 0 Å². The molecule has 0 radical (unpaired) electrons. The zero-order valence-corrected chi connectivity index (χ0v) is 7.89. The summed E-state index contributed by atoms with van der Waals surface area (Å²) in [5.74, 6) is -0.580. The van der Waals surface area contributed by atoms with Crippen molar-refractivity contribution in [3.8, 4) is 0 Å². The number of aromatic nitrogens is 2. The maximum atomic E-state index is 11.5. The molecule has 1 aliphatic heterocycles. The van der Waals surface area contributed by atoms with Crippen LogP contribution in [0.1, 0.15) is 6.92 Å². The summed E-state index contributed by atoms with van der Waals surface area (Å²) in [7, 11) is 1.73. The van der Waals surface area contributed by atoms with Gasteiger partial charge in [0.2, 0.25) is 0 Å². The van der Waals surface area contributed by atoms with Crippen LogP contribution in [-0.2, 0) is 16.6 Å². The molecule has 1 aliphatic rings. The monoisotopic (exact) mass is 191 g/mol. The summed E-state index contributed by atoms with van der Waals surface area (Å²) in [5.41, 5.74) is 0.967. The van der Waals surface area contributed by atoms with Crippen molar-refractivity contribution in [3.63, 3.8) is 0 Å². The minimum Gasteiger partial charge on any atom is -0.274 e. The predicted molar refractivity (Wildman–Crippen MR) is 49.5 cm³/mol. The van der Waals surface area contributed by atoms with E-state index in [1.54, 1.807) is 24.9 Å². The van der Waals surface area contributed by atoms with Gasteiger partial charge in [-0.3, -0.25) is 14.3 Å². The normalized spacial score (nSPS) is 16.4. The Bertz CT molecular complexity index is 445. The van der Waals surface area contributed by atoms with Gasteiger partial charge in [-0.1, -0.05) is 0 Å². The van der Waals surface area contributed by atoms with E-state index in [2.05, 4.69) is 5.10 Å². The number of carbonyl (C=O) groups is 2. The van der Waals surface area contributed by atoms with E-state index >= 15 is 0 Å². The van der Waals surface area contributed by atoms with Gasteiger partial charge in [-0.05, 0) is 6.92 Å². The Balaban J connectivity index is 2.38. The molecule has 5 heteroatoms. The van der Waals surface area contributed by atoms with Crippen molar-refractivity contribution in [2.45, 2.75) is 6.92 Å². The lowest BCUT2D eigenvalue weighted by molar-refractivity contribution is -0.120. The van der Waals surface area contributed by atoms with Crippen molar-refractivity contribution in [2.24, 2.45) is 7.05 Å². The number of hydrogen-bond acceptors (Lipinski definition) is 3. The molecule has 0 unspecified atom stereocenters. The molecule has 2 amide bonds. The second kappa shape index (κ2) is 2.80. The summed E-state index contributed by atoms with van der Waals surface area (Å²) in [6.45, 7) is 1.62. The highest BCUT2D eigenvalue weighted by Gasteiger charge is 2.30. The second-order valence-corrected chi connectivity index (χ2v) is 3.18. The number of hydrogen-bond donors (Lipinski definition) is 0. The third-order valence-electron chi connectivity index (χ3n) is 2.05. The first-order valence-corrected chi connectivity index (χ1v) is 4.15. The minimum absolute atomic E-state index is 0.275. The molecule has 72 valence electrons. The molecule has 2 rings (SSSR count). The Morgan fingerprint density at radius 3 is 2.50 bits per heavy atom. The first-order chi connectivity index (χ1) is 6.59. The van der Waals surface area contributed by atoms with E-state index in [0.29, 0.717) is 11.3 Å².